The molecule has 0 radical (unpaired) electrons. The van der Waals surface area contributed by atoms with Crippen LogP contribution in [-0.2, 0) is 19.4 Å². The minimum Gasteiger partial charge on any atom is -0.457 e. The summed E-state index contributed by atoms with van der Waals surface area (Å²) in [6.07, 6.45) is 0.00297. The van der Waals surface area contributed by atoms with Crippen molar-refractivity contribution in [2.24, 2.45) is 0 Å². The maximum absolute atomic E-state index is 13.3. The lowest BCUT2D eigenvalue weighted by Crippen LogP contribution is -2.47. The number of nitrogens with one attached hydrogen (secondary N) is 1. The van der Waals surface area contributed by atoms with Gasteiger partial charge in [-0.15, -0.1) is 0 Å². The van der Waals surface area contributed by atoms with E-state index < -0.39 is 20.5 Å². The highest BCUT2D eigenvalue weighted by Gasteiger charge is 2.47. The number of hydroxylamine groups is 1. The van der Waals surface area contributed by atoms with Crippen LogP contribution in [0.25, 0.3) is 0 Å². The molecule has 1 amide bonds. The molecule has 0 atom stereocenters. The fraction of sp³-hybridized carbons (Fsp3) is 0.316. The molecular formula is C19H20ClNO6S. The van der Waals surface area contributed by atoms with Crippen LogP contribution >= 0.6 is 11.6 Å². The molecule has 1 fully saturated rings. The Bertz CT molecular complexity index is 939. The standard InChI is InChI=1S/C19H20ClNO6S/c20-14-2-1-3-16(12-14)27-15-4-6-17(7-5-15)28(24,25)19(13-18(22)21-23)8-10-26-11-9-19/h1-7,12,23H,8-11,13H2,(H,21,22). The van der Waals surface area contributed by atoms with Gasteiger partial charge in [0.2, 0.25) is 5.91 Å². The predicted molar refractivity (Wildman–Crippen MR) is 102 cm³/mol. The van der Waals surface area contributed by atoms with Gasteiger partial charge in [-0.1, -0.05) is 17.7 Å². The maximum atomic E-state index is 13.3. The van der Waals surface area contributed by atoms with Crippen LogP contribution in [0.15, 0.2) is 53.4 Å². The average molecular weight is 426 g/mol. The molecule has 28 heavy (non-hydrogen) atoms. The highest BCUT2D eigenvalue weighted by Crippen LogP contribution is 2.38. The van der Waals surface area contributed by atoms with E-state index in [1.54, 1.807) is 36.4 Å². The topological polar surface area (TPSA) is 102 Å². The zero-order valence-corrected chi connectivity index (χ0v) is 16.5. The van der Waals surface area contributed by atoms with Crippen LogP contribution in [0.4, 0.5) is 0 Å². The minimum atomic E-state index is -3.85. The van der Waals surface area contributed by atoms with Crippen LogP contribution in [0.2, 0.25) is 5.02 Å². The Morgan fingerprint density at radius 2 is 1.82 bits per heavy atom. The fourth-order valence-electron chi connectivity index (χ4n) is 3.22. The highest BCUT2D eigenvalue weighted by molar-refractivity contribution is 7.92. The van der Waals surface area contributed by atoms with Crippen LogP contribution in [0.3, 0.4) is 0 Å². The van der Waals surface area contributed by atoms with Crippen molar-refractivity contribution in [3.63, 3.8) is 0 Å². The normalized spacial score (nSPS) is 16.4. The third-order valence-electron chi connectivity index (χ3n) is 4.75. The molecule has 0 saturated carbocycles. The molecule has 1 aliphatic rings. The molecule has 0 unspecified atom stereocenters. The molecular weight excluding hydrogens is 406 g/mol. The first-order valence-electron chi connectivity index (χ1n) is 8.65. The van der Waals surface area contributed by atoms with Gasteiger partial charge < -0.3 is 9.47 Å². The number of benzene rings is 2. The van der Waals surface area contributed by atoms with E-state index in [1.807, 2.05) is 0 Å². The van der Waals surface area contributed by atoms with E-state index in [-0.39, 0.29) is 37.4 Å². The summed E-state index contributed by atoms with van der Waals surface area (Å²) in [5.41, 5.74) is 1.53. The van der Waals surface area contributed by atoms with Crippen LogP contribution in [0, 0.1) is 0 Å². The number of sulfone groups is 1. The lowest BCUT2D eigenvalue weighted by atomic mass is 9.95. The zero-order chi connectivity index (χ0) is 20.2. The molecule has 0 spiro atoms. The third kappa shape index (κ3) is 4.30. The van der Waals surface area contributed by atoms with Crippen LogP contribution in [0.1, 0.15) is 19.3 Å². The molecule has 7 nitrogen and oxygen atoms in total. The van der Waals surface area contributed by atoms with Crippen molar-refractivity contribution in [2.75, 3.05) is 13.2 Å². The number of carbonyl (C=O) groups is 1. The average Bonchev–Trinajstić information content (AvgIpc) is 2.69. The molecule has 1 aliphatic heterocycles. The van der Waals surface area contributed by atoms with E-state index in [0.29, 0.717) is 16.5 Å². The van der Waals surface area contributed by atoms with Gasteiger partial charge in [-0.25, -0.2) is 13.9 Å². The van der Waals surface area contributed by atoms with Crippen LogP contribution in [0.5, 0.6) is 11.5 Å². The quantitative estimate of drug-likeness (QED) is 0.543. The molecule has 2 aromatic carbocycles. The molecule has 0 bridgehead atoms. The second kappa shape index (κ2) is 8.48. The van der Waals surface area contributed by atoms with Crippen molar-refractivity contribution in [2.45, 2.75) is 28.9 Å². The van der Waals surface area contributed by atoms with E-state index in [9.17, 15) is 13.2 Å². The number of halogens is 1. The summed E-state index contributed by atoms with van der Waals surface area (Å²) in [5.74, 6) is 0.241. The summed E-state index contributed by atoms with van der Waals surface area (Å²) in [6.45, 7) is 0.460. The molecule has 3 rings (SSSR count). The van der Waals surface area contributed by atoms with E-state index in [0.717, 1.165) is 0 Å². The van der Waals surface area contributed by atoms with Gasteiger partial charge in [0.25, 0.3) is 0 Å². The molecule has 0 aliphatic carbocycles. The minimum absolute atomic E-state index is 0.0820. The van der Waals surface area contributed by atoms with Gasteiger partial charge in [-0.2, -0.15) is 0 Å². The van der Waals surface area contributed by atoms with E-state index in [1.165, 1.54) is 17.6 Å². The van der Waals surface area contributed by atoms with E-state index in [2.05, 4.69) is 0 Å². The molecule has 1 heterocycles. The molecule has 2 aromatic rings. The Morgan fingerprint density at radius 1 is 1.14 bits per heavy atom. The number of hydrogen-bond donors (Lipinski definition) is 2. The lowest BCUT2D eigenvalue weighted by molar-refractivity contribution is -0.130. The molecule has 1 saturated heterocycles. The predicted octanol–water partition coefficient (Wildman–Crippen LogP) is 3.35. The van der Waals surface area contributed by atoms with Crippen LogP contribution in [-0.4, -0.2) is 37.5 Å². The van der Waals surface area contributed by atoms with Crippen molar-refractivity contribution in [3.05, 3.63) is 53.6 Å². The summed E-state index contributed by atoms with van der Waals surface area (Å²) < 4.78 is 36.2. The van der Waals surface area contributed by atoms with Crippen LogP contribution < -0.4 is 10.2 Å². The van der Waals surface area contributed by atoms with Gasteiger partial charge in [-0.3, -0.25) is 10.0 Å². The number of hydrogen-bond acceptors (Lipinski definition) is 6. The van der Waals surface area contributed by atoms with Gasteiger partial charge in [0.05, 0.1) is 9.64 Å². The third-order valence-corrected chi connectivity index (χ3v) is 7.57. The monoisotopic (exact) mass is 425 g/mol. The Kier molecular flexibility index (Phi) is 6.24. The first kappa shape index (κ1) is 20.6. The highest BCUT2D eigenvalue weighted by atomic mass is 35.5. The number of ether oxygens (including phenoxy) is 2. The number of amides is 1. The van der Waals surface area contributed by atoms with Crippen molar-refractivity contribution in [3.8, 4) is 11.5 Å². The first-order chi connectivity index (χ1) is 13.4. The second-order valence-corrected chi connectivity index (χ2v) is 9.32. The van der Waals surface area contributed by atoms with Crippen molar-refractivity contribution >= 4 is 27.3 Å². The van der Waals surface area contributed by atoms with Gasteiger partial charge in [0.15, 0.2) is 9.84 Å². The fourth-order valence-corrected chi connectivity index (χ4v) is 5.42. The van der Waals surface area contributed by atoms with Gasteiger partial charge in [0.1, 0.15) is 11.5 Å². The van der Waals surface area contributed by atoms with Crippen molar-refractivity contribution in [1.82, 2.24) is 5.48 Å². The Morgan fingerprint density at radius 3 is 2.43 bits per heavy atom. The summed E-state index contributed by atoms with van der Waals surface area (Å²) in [4.78, 5) is 11.8. The Hall–Kier alpha value is -2.13. The van der Waals surface area contributed by atoms with Gasteiger partial charge in [-0.05, 0) is 55.3 Å². The maximum Gasteiger partial charge on any atom is 0.244 e. The summed E-state index contributed by atoms with van der Waals surface area (Å²) >= 11 is 5.93. The molecule has 2 N–H and O–H groups in total. The summed E-state index contributed by atoms with van der Waals surface area (Å²) in [6, 6.07) is 12.8. The molecule has 150 valence electrons. The largest absolute Gasteiger partial charge is 0.457 e. The SMILES string of the molecule is O=C(CC1(S(=O)(=O)c2ccc(Oc3cccc(Cl)c3)cc2)CCOCC1)NO. The molecule has 0 aromatic heterocycles. The van der Waals surface area contributed by atoms with Crippen molar-refractivity contribution < 1.29 is 27.9 Å². The Balaban J connectivity index is 1.86. The van der Waals surface area contributed by atoms with E-state index in [4.69, 9.17) is 26.3 Å². The van der Waals surface area contributed by atoms with Crippen molar-refractivity contribution in [1.29, 1.82) is 0 Å². The second-order valence-electron chi connectivity index (χ2n) is 6.54. The number of carbonyl (C=O) groups excluding carboxylic acids is 1. The van der Waals surface area contributed by atoms with E-state index >= 15 is 0 Å². The molecule has 9 heteroatoms. The summed E-state index contributed by atoms with van der Waals surface area (Å²) in [7, 11) is -3.85. The first-order valence-corrected chi connectivity index (χ1v) is 10.5. The number of rotatable bonds is 6. The summed E-state index contributed by atoms with van der Waals surface area (Å²) in [5, 5.41) is 9.39. The smallest absolute Gasteiger partial charge is 0.244 e. The lowest BCUT2D eigenvalue weighted by Gasteiger charge is -2.35. The Labute approximate surface area is 168 Å². The van der Waals surface area contributed by atoms with Gasteiger partial charge in [0, 0.05) is 24.7 Å². The zero-order valence-electron chi connectivity index (χ0n) is 14.9. The van der Waals surface area contributed by atoms with Gasteiger partial charge >= 0.3 is 0 Å².